The molecule has 2 aromatic heterocycles. The van der Waals surface area contributed by atoms with Gasteiger partial charge >= 0.3 is 0 Å². The monoisotopic (exact) mass is 473 g/mol. The number of carbonyl (C=O) groups is 2. The standard InChI is InChI=1S/C29H23N5O2/c35-25-11-19-14-34(24-5-1-4-22(32-25)26(19)24)15-20-7-6-16-9-17-12-29(13-18(17)10-23(16)31-20)21-3-2-8-30-27(21)33-28(29)36/h1-10,19H,11-15H2,(H,32,35)(H,30,33,36)/t19?,29-/m1/s1. The van der Waals surface area contributed by atoms with Crippen molar-refractivity contribution in [3.05, 3.63) is 88.7 Å². The van der Waals surface area contributed by atoms with Gasteiger partial charge in [0.1, 0.15) is 5.82 Å². The van der Waals surface area contributed by atoms with Crippen LogP contribution in [0, 0.1) is 0 Å². The number of benzene rings is 2. The maximum atomic E-state index is 13.1. The maximum absolute atomic E-state index is 13.1. The number of amides is 2. The highest BCUT2D eigenvalue weighted by atomic mass is 16.2. The molecule has 1 spiro atoms. The average Bonchev–Trinajstić information content (AvgIpc) is 3.50. The molecule has 0 saturated carbocycles. The molecule has 1 unspecified atom stereocenters. The highest BCUT2D eigenvalue weighted by Crippen LogP contribution is 2.48. The second-order valence-electron chi connectivity index (χ2n) is 10.5. The number of hydrogen-bond donors (Lipinski definition) is 2. The van der Waals surface area contributed by atoms with Gasteiger partial charge in [-0.1, -0.05) is 18.2 Å². The number of nitrogens with zero attached hydrogens (tertiary/aromatic N) is 3. The van der Waals surface area contributed by atoms with Gasteiger partial charge in [-0.05, 0) is 60.4 Å². The zero-order chi connectivity index (χ0) is 24.0. The van der Waals surface area contributed by atoms with Crippen molar-refractivity contribution in [2.24, 2.45) is 0 Å². The molecule has 36 heavy (non-hydrogen) atoms. The Morgan fingerprint density at radius 3 is 2.81 bits per heavy atom. The lowest BCUT2D eigenvalue weighted by Crippen LogP contribution is -2.35. The van der Waals surface area contributed by atoms with Gasteiger partial charge in [-0.3, -0.25) is 14.6 Å². The molecule has 2 amide bonds. The molecule has 3 aliphatic heterocycles. The minimum absolute atomic E-state index is 0.0389. The molecule has 0 fully saturated rings. The van der Waals surface area contributed by atoms with E-state index in [1.807, 2.05) is 24.3 Å². The third-order valence-corrected chi connectivity index (χ3v) is 8.37. The number of hydrogen-bond acceptors (Lipinski definition) is 5. The Labute approximate surface area is 207 Å². The summed E-state index contributed by atoms with van der Waals surface area (Å²) in [7, 11) is 0. The zero-order valence-electron chi connectivity index (χ0n) is 19.5. The first kappa shape index (κ1) is 20.0. The van der Waals surface area contributed by atoms with E-state index in [1.165, 1.54) is 22.4 Å². The van der Waals surface area contributed by atoms with Gasteiger partial charge in [0.15, 0.2) is 0 Å². The van der Waals surface area contributed by atoms with Gasteiger partial charge in [0.2, 0.25) is 11.8 Å². The van der Waals surface area contributed by atoms with Crippen LogP contribution in [0.2, 0.25) is 0 Å². The molecule has 2 aromatic carbocycles. The highest BCUT2D eigenvalue weighted by molar-refractivity contribution is 6.06. The normalized spacial score (nSPS) is 23.0. The van der Waals surface area contributed by atoms with Crippen LogP contribution in [-0.4, -0.2) is 28.3 Å². The van der Waals surface area contributed by atoms with E-state index in [4.69, 9.17) is 4.98 Å². The van der Waals surface area contributed by atoms with Crippen LogP contribution >= 0.6 is 0 Å². The Kier molecular flexibility index (Phi) is 3.83. The van der Waals surface area contributed by atoms with E-state index in [0.29, 0.717) is 31.6 Å². The molecule has 4 aromatic rings. The van der Waals surface area contributed by atoms with Gasteiger partial charge in [0.25, 0.3) is 0 Å². The Bertz CT molecular complexity index is 1650. The maximum Gasteiger partial charge on any atom is 0.237 e. The van der Waals surface area contributed by atoms with Gasteiger partial charge in [-0.25, -0.2) is 4.98 Å². The SMILES string of the molecule is O=C1CC2CN(Cc3ccc4cc5c(cc4n3)C[C@@]3(C5)C(=O)Nc4ncccc43)c3cccc(c32)N1. The van der Waals surface area contributed by atoms with Crippen LogP contribution in [0.4, 0.5) is 17.2 Å². The average molecular weight is 474 g/mol. The van der Waals surface area contributed by atoms with Gasteiger partial charge in [0, 0.05) is 53.0 Å². The molecule has 0 saturated heterocycles. The molecule has 0 bridgehead atoms. The number of fused-ring (bicyclic) bond motifs is 4. The molecule has 176 valence electrons. The number of anilines is 3. The van der Waals surface area contributed by atoms with Gasteiger partial charge in [-0.2, -0.15) is 0 Å². The van der Waals surface area contributed by atoms with Crippen molar-refractivity contribution in [3.8, 4) is 0 Å². The topological polar surface area (TPSA) is 87.2 Å². The number of nitrogens with one attached hydrogen (secondary N) is 2. The summed E-state index contributed by atoms with van der Waals surface area (Å²) in [5.41, 5.74) is 8.17. The van der Waals surface area contributed by atoms with Crippen LogP contribution in [0.15, 0.2) is 60.8 Å². The van der Waals surface area contributed by atoms with E-state index in [9.17, 15) is 9.59 Å². The summed E-state index contributed by atoms with van der Waals surface area (Å²) in [5.74, 6) is 1.06. The number of carbonyl (C=O) groups excluding carboxylic acids is 2. The minimum atomic E-state index is -0.574. The van der Waals surface area contributed by atoms with Crippen molar-refractivity contribution in [3.63, 3.8) is 0 Å². The summed E-state index contributed by atoms with van der Waals surface area (Å²) >= 11 is 0. The fourth-order valence-electron chi connectivity index (χ4n) is 6.78. The summed E-state index contributed by atoms with van der Waals surface area (Å²) in [5, 5.41) is 7.10. The van der Waals surface area contributed by atoms with Crippen molar-refractivity contribution in [1.82, 2.24) is 9.97 Å². The Hall–Kier alpha value is -4.26. The molecule has 2 atom stereocenters. The number of aromatic nitrogens is 2. The lowest BCUT2D eigenvalue weighted by molar-refractivity contribution is -0.120. The first-order valence-electron chi connectivity index (χ1n) is 12.4. The lowest BCUT2D eigenvalue weighted by atomic mass is 9.79. The zero-order valence-corrected chi connectivity index (χ0v) is 19.5. The summed E-state index contributed by atoms with van der Waals surface area (Å²) in [6, 6.07) is 18.7. The first-order valence-corrected chi connectivity index (χ1v) is 12.4. The van der Waals surface area contributed by atoms with Crippen molar-refractivity contribution in [2.45, 2.75) is 37.1 Å². The number of rotatable bonds is 2. The molecule has 7 heteroatoms. The summed E-state index contributed by atoms with van der Waals surface area (Å²) < 4.78 is 0. The van der Waals surface area contributed by atoms with E-state index in [-0.39, 0.29) is 17.7 Å². The van der Waals surface area contributed by atoms with Crippen LogP contribution in [0.3, 0.4) is 0 Å². The third kappa shape index (κ3) is 2.68. The first-order chi connectivity index (χ1) is 17.6. The Balaban J connectivity index is 1.12. The van der Waals surface area contributed by atoms with Crippen molar-refractivity contribution in [1.29, 1.82) is 0 Å². The largest absolute Gasteiger partial charge is 0.365 e. The molecule has 1 aliphatic carbocycles. The summed E-state index contributed by atoms with van der Waals surface area (Å²) in [6.45, 7) is 1.52. The van der Waals surface area contributed by atoms with E-state index < -0.39 is 5.41 Å². The third-order valence-electron chi connectivity index (χ3n) is 8.37. The van der Waals surface area contributed by atoms with E-state index >= 15 is 0 Å². The second-order valence-corrected chi connectivity index (χ2v) is 10.5. The molecular formula is C29H23N5O2. The van der Waals surface area contributed by atoms with E-state index in [1.54, 1.807) is 6.20 Å². The second kappa shape index (κ2) is 6.91. The van der Waals surface area contributed by atoms with Crippen molar-refractivity contribution in [2.75, 3.05) is 22.1 Å². The molecule has 2 N–H and O–H groups in total. The molecule has 7 nitrogen and oxygen atoms in total. The molecule has 4 aliphatic rings. The van der Waals surface area contributed by atoms with E-state index in [2.05, 4.69) is 50.8 Å². The minimum Gasteiger partial charge on any atom is -0.365 e. The Morgan fingerprint density at radius 2 is 1.89 bits per heavy atom. The highest BCUT2D eigenvalue weighted by Gasteiger charge is 2.51. The molecule has 5 heterocycles. The van der Waals surface area contributed by atoms with Crippen LogP contribution in [0.5, 0.6) is 0 Å². The molecule has 0 radical (unpaired) electrons. The van der Waals surface area contributed by atoms with Crippen molar-refractivity contribution >= 4 is 39.9 Å². The predicted octanol–water partition coefficient (Wildman–Crippen LogP) is 4.06. The van der Waals surface area contributed by atoms with E-state index in [0.717, 1.165) is 34.4 Å². The van der Waals surface area contributed by atoms with Crippen LogP contribution in [0.25, 0.3) is 10.9 Å². The van der Waals surface area contributed by atoms with Gasteiger partial charge in [-0.15, -0.1) is 0 Å². The van der Waals surface area contributed by atoms with Crippen molar-refractivity contribution < 1.29 is 9.59 Å². The van der Waals surface area contributed by atoms with Gasteiger partial charge in [0.05, 0.1) is 23.2 Å². The fraction of sp³-hybridized carbons (Fsp3) is 0.241. The van der Waals surface area contributed by atoms with Gasteiger partial charge < -0.3 is 15.5 Å². The quantitative estimate of drug-likeness (QED) is 0.458. The fourth-order valence-corrected chi connectivity index (χ4v) is 6.78. The summed E-state index contributed by atoms with van der Waals surface area (Å²) in [6.07, 6.45) is 3.61. The van der Waals surface area contributed by atoms with Crippen LogP contribution in [-0.2, 0) is 34.4 Å². The molecule has 8 rings (SSSR count). The molecular weight excluding hydrogens is 450 g/mol. The van der Waals surface area contributed by atoms with Crippen LogP contribution < -0.4 is 15.5 Å². The lowest BCUT2D eigenvalue weighted by Gasteiger charge is -2.20. The predicted molar refractivity (Wildman–Crippen MR) is 137 cm³/mol. The van der Waals surface area contributed by atoms with Crippen LogP contribution in [0.1, 0.15) is 40.3 Å². The number of pyridine rings is 2. The summed E-state index contributed by atoms with van der Waals surface area (Å²) in [4.78, 5) is 37.0. The smallest absolute Gasteiger partial charge is 0.237 e. The Morgan fingerprint density at radius 1 is 1.00 bits per heavy atom.